The van der Waals surface area contributed by atoms with Gasteiger partial charge in [-0.2, -0.15) is 0 Å². The van der Waals surface area contributed by atoms with Crippen molar-refractivity contribution < 1.29 is 18.7 Å². The summed E-state index contributed by atoms with van der Waals surface area (Å²) >= 11 is 5.94. The Bertz CT molecular complexity index is 997. The summed E-state index contributed by atoms with van der Waals surface area (Å²) in [5, 5.41) is 3.41. The second-order valence-electron chi connectivity index (χ2n) is 7.81. The Morgan fingerprint density at radius 2 is 1.84 bits per heavy atom. The molecule has 0 fully saturated rings. The van der Waals surface area contributed by atoms with Crippen LogP contribution in [0.15, 0.2) is 60.2 Å². The van der Waals surface area contributed by atoms with Crippen LogP contribution in [-0.4, -0.2) is 24.5 Å². The van der Waals surface area contributed by atoms with Crippen LogP contribution >= 0.6 is 11.6 Å². The quantitative estimate of drug-likeness (QED) is 0.231. The normalized spacial score (nSPS) is 15.0. The molecule has 0 saturated carbocycles. The van der Waals surface area contributed by atoms with Crippen molar-refractivity contribution in [3.63, 3.8) is 0 Å². The smallest absolute Gasteiger partial charge is 0.339 e. The third-order valence-electron chi connectivity index (χ3n) is 5.34. The number of ether oxygens (including phenoxy) is 1. The van der Waals surface area contributed by atoms with Gasteiger partial charge in [-0.25, -0.2) is 9.18 Å². The topological polar surface area (TPSA) is 55.4 Å². The monoisotopic (exact) mass is 455 g/mol. The van der Waals surface area contributed by atoms with Crippen molar-refractivity contribution in [1.82, 2.24) is 5.32 Å². The summed E-state index contributed by atoms with van der Waals surface area (Å²) in [6, 6.07) is 12.5. The highest BCUT2D eigenvalue weighted by Crippen LogP contribution is 2.23. The van der Waals surface area contributed by atoms with Crippen LogP contribution in [0.2, 0.25) is 5.02 Å². The fourth-order valence-electron chi connectivity index (χ4n) is 3.51. The van der Waals surface area contributed by atoms with E-state index in [0.717, 1.165) is 24.8 Å². The largest absolute Gasteiger partial charge is 0.449 e. The molecule has 1 amide bonds. The van der Waals surface area contributed by atoms with Gasteiger partial charge in [0.25, 0.3) is 5.91 Å². The molecular weight excluding hydrogens is 429 g/mol. The molecule has 1 aliphatic carbocycles. The molecule has 168 valence electrons. The predicted octanol–water partition coefficient (Wildman–Crippen LogP) is 5.96. The van der Waals surface area contributed by atoms with Crippen LogP contribution in [0, 0.1) is 5.82 Å². The van der Waals surface area contributed by atoms with Gasteiger partial charge in [-0.15, -0.1) is 0 Å². The molecule has 0 bridgehead atoms. The van der Waals surface area contributed by atoms with E-state index in [9.17, 15) is 14.0 Å². The number of esters is 1. The lowest BCUT2D eigenvalue weighted by Crippen LogP contribution is -2.36. The van der Waals surface area contributed by atoms with Crippen LogP contribution in [0.1, 0.15) is 50.2 Å². The minimum Gasteiger partial charge on any atom is -0.449 e. The third kappa shape index (κ3) is 7.06. The summed E-state index contributed by atoms with van der Waals surface area (Å²) in [6.45, 7) is 2.05. The molecule has 0 aliphatic heterocycles. The molecular formula is C26H27ClFNO3. The Labute approximate surface area is 193 Å². The van der Waals surface area contributed by atoms with Crippen LogP contribution in [0.5, 0.6) is 0 Å². The molecule has 1 atom stereocenters. The zero-order chi connectivity index (χ0) is 22.9. The SMILES string of the molecule is C[C@H](OC(=O)/C(=C/c1ccc(Cl)cc1)c1ccc(F)cc1)C(=O)NCCC1=CCCCC1. The van der Waals surface area contributed by atoms with Crippen molar-refractivity contribution in [2.75, 3.05) is 6.54 Å². The molecule has 32 heavy (non-hydrogen) atoms. The molecule has 0 unspecified atom stereocenters. The lowest BCUT2D eigenvalue weighted by Gasteiger charge is -2.16. The van der Waals surface area contributed by atoms with Gasteiger partial charge in [0.2, 0.25) is 0 Å². The van der Waals surface area contributed by atoms with Crippen molar-refractivity contribution in [3.8, 4) is 0 Å². The van der Waals surface area contributed by atoms with Gasteiger partial charge >= 0.3 is 5.97 Å². The fourth-order valence-corrected chi connectivity index (χ4v) is 3.64. The Morgan fingerprint density at radius 1 is 1.12 bits per heavy atom. The average molecular weight is 456 g/mol. The molecule has 0 spiro atoms. The lowest BCUT2D eigenvalue weighted by molar-refractivity contribution is -0.149. The zero-order valence-electron chi connectivity index (χ0n) is 18.1. The first-order valence-electron chi connectivity index (χ1n) is 10.8. The number of carbonyl (C=O) groups is 2. The first-order chi connectivity index (χ1) is 15.4. The molecule has 0 heterocycles. The number of hydrogen-bond donors (Lipinski definition) is 1. The first-order valence-corrected chi connectivity index (χ1v) is 11.2. The Kier molecular flexibility index (Phi) is 8.63. The summed E-state index contributed by atoms with van der Waals surface area (Å²) in [4.78, 5) is 25.4. The number of hydrogen-bond acceptors (Lipinski definition) is 3. The van der Waals surface area contributed by atoms with Gasteiger partial charge in [-0.1, -0.05) is 47.5 Å². The van der Waals surface area contributed by atoms with Gasteiger partial charge in [0, 0.05) is 11.6 Å². The molecule has 2 aromatic carbocycles. The van der Waals surface area contributed by atoms with Gasteiger partial charge in [-0.3, -0.25) is 4.79 Å². The number of allylic oxidation sites excluding steroid dienone is 1. The van der Waals surface area contributed by atoms with E-state index >= 15 is 0 Å². The maximum Gasteiger partial charge on any atom is 0.339 e. The first kappa shape index (κ1) is 23.7. The lowest BCUT2D eigenvalue weighted by atomic mass is 9.97. The molecule has 0 saturated heterocycles. The van der Waals surface area contributed by atoms with Gasteiger partial charge in [0.15, 0.2) is 6.10 Å². The van der Waals surface area contributed by atoms with E-state index < -0.39 is 17.9 Å². The highest BCUT2D eigenvalue weighted by Gasteiger charge is 2.21. The summed E-state index contributed by atoms with van der Waals surface area (Å²) in [5.74, 6) is -1.42. The van der Waals surface area contributed by atoms with Crippen molar-refractivity contribution >= 4 is 35.1 Å². The number of amides is 1. The highest BCUT2D eigenvalue weighted by atomic mass is 35.5. The maximum atomic E-state index is 13.4. The van der Waals surface area contributed by atoms with Crippen molar-refractivity contribution in [1.29, 1.82) is 0 Å². The number of halogens is 2. The van der Waals surface area contributed by atoms with Crippen LogP contribution in [-0.2, 0) is 14.3 Å². The number of carbonyl (C=O) groups excluding carboxylic acids is 2. The molecule has 1 N–H and O–H groups in total. The molecule has 0 radical (unpaired) electrons. The van der Waals surface area contributed by atoms with E-state index in [1.54, 1.807) is 30.3 Å². The minimum atomic E-state index is -0.961. The average Bonchev–Trinajstić information content (AvgIpc) is 2.80. The summed E-state index contributed by atoms with van der Waals surface area (Å²) in [7, 11) is 0. The van der Waals surface area contributed by atoms with E-state index in [1.807, 2.05) is 0 Å². The van der Waals surface area contributed by atoms with Crippen LogP contribution in [0.25, 0.3) is 11.6 Å². The zero-order valence-corrected chi connectivity index (χ0v) is 18.8. The van der Waals surface area contributed by atoms with Gasteiger partial charge in [-0.05, 0) is 80.5 Å². The van der Waals surface area contributed by atoms with Gasteiger partial charge in [0.05, 0.1) is 5.57 Å². The molecule has 6 heteroatoms. The fraction of sp³-hybridized carbons (Fsp3) is 0.308. The molecule has 4 nitrogen and oxygen atoms in total. The molecule has 1 aliphatic rings. The van der Waals surface area contributed by atoms with Gasteiger partial charge < -0.3 is 10.1 Å². The standard InChI is InChI=1S/C26H27ClFNO3/c1-18(25(30)29-16-15-19-5-3-2-4-6-19)32-26(31)24(21-9-13-23(28)14-10-21)17-20-7-11-22(27)12-8-20/h5,7-14,17-18H,2-4,6,15-16H2,1H3,(H,29,30)/b24-17+/t18-/m0/s1. The highest BCUT2D eigenvalue weighted by molar-refractivity contribution is 6.30. The van der Waals surface area contributed by atoms with Crippen molar-refractivity contribution in [2.24, 2.45) is 0 Å². The second-order valence-corrected chi connectivity index (χ2v) is 8.25. The second kappa shape index (κ2) is 11.6. The Balaban J connectivity index is 1.67. The summed E-state index contributed by atoms with van der Waals surface area (Å²) in [6.07, 6.45) is 8.32. The minimum absolute atomic E-state index is 0.222. The van der Waals surface area contributed by atoms with Crippen molar-refractivity contribution in [3.05, 3.63) is 82.1 Å². The van der Waals surface area contributed by atoms with E-state index in [1.165, 1.54) is 49.6 Å². The molecule has 3 rings (SSSR count). The molecule has 2 aromatic rings. The van der Waals surface area contributed by atoms with E-state index in [0.29, 0.717) is 17.1 Å². The maximum absolute atomic E-state index is 13.4. The van der Waals surface area contributed by atoms with E-state index in [4.69, 9.17) is 16.3 Å². The Morgan fingerprint density at radius 3 is 2.50 bits per heavy atom. The number of rotatable bonds is 8. The molecule has 0 aromatic heterocycles. The van der Waals surface area contributed by atoms with E-state index in [2.05, 4.69) is 11.4 Å². The van der Waals surface area contributed by atoms with Crippen LogP contribution in [0.4, 0.5) is 4.39 Å². The predicted molar refractivity (Wildman–Crippen MR) is 125 cm³/mol. The summed E-state index contributed by atoms with van der Waals surface area (Å²) in [5.41, 5.74) is 2.80. The van der Waals surface area contributed by atoms with Crippen LogP contribution in [0.3, 0.4) is 0 Å². The number of nitrogens with one attached hydrogen (secondary N) is 1. The number of benzene rings is 2. The van der Waals surface area contributed by atoms with E-state index in [-0.39, 0.29) is 11.5 Å². The summed E-state index contributed by atoms with van der Waals surface area (Å²) < 4.78 is 18.8. The van der Waals surface area contributed by atoms with Crippen molar-refractivity contribution in [2.45, 2.75) is 45.1 Å². The Hall–Kier alpha value is -2.92. The van der Waals surface area contributed by atoms with Gasteiger partial charge in [0.1, 0.15) is 5.82 Å². The third-order valence-corrected chi connectivity index (χ3v) is 5.59. The van der Waals surface area contributed by atoms with Crippen LogP contribution < -0.4 is 5.32 Å².